The zero-order chi connectivity index (χ0) is 49.6. The van der Waals surface area contributed by atoms with E-state index in [0.717, 1.165) is 110 Å². The van der Waals surface area contributed by atoms with Gasteiger partial charge in [-0.3, -0.25) is 19.2 Å². The largest absolute Gasteiger partial charge is 0.465 e. The second-order valence-corrected chi connectivity index (χ2v) is 23.1. The molecule has 9 nitrogen and oxygen atoms in total. The molecule has 0 spiro atoms. The van der Waals surface area contributed by atoms with E-state index < -0.39 is 10.8 Å². The van der Waals surface area contributed by atoms with E-state index in [9.17, 15) is 19.2 Å². The van der Waals surface area contributed by atoms with Gasteiger partial charge in [0.25, 0.3) is 0 Å². The Balaban J connectivity index is 1.90. The van der Waals surface area contributed by atoms with E-state index in [1.807, 2.05) is 0 Å². The standard InChI is InChI=1S/C59H107NO8/c1-8-15-20-21-26-32-52(61)67-48-58-41-56(46-65-53(62)33-27-40-60(13-6)14-7)38-39-57(43-58,47-66-54(63)36-34-50(28-22-16-9-2)29-23-17-10-3)44-59(42-56,45-58)49-68-55(64)37-35-51(30-24-18-11-4)31-25-19-12-5/h50-51H,8-49H2,1-7H3. The van der Waals surface area contributed by atoms with Crippen molar-refractivity contribution in [3.05, 3.63) is 0 Å². The van der Waals surface area contributed by atoms with Gasteiger partial charge in [-0.2, -0.15) is 0 Å². The molecule has 0 aromatic heterocycles. The second-order valence-electron chi connectivity index (χ2n) is 23.1. The molecule has 4 atom stereocenters. The lowest BCUT2D eigenvalue weighted by molar-refractivity contribution is -0.187. The van der Waals surface area contributed by atoms with Crippen LogP contribution < -0.4 is 0 Å². The average molecular weight is 959 g/mol. The molecule has 0 amide bonds. The predicted molar refractivity (Wildman–Crippen MR) is 278 cm³/mol. The zero-order valence-corrected chi connectivity index (χ0v) is 45.6. The Labute approximate surface area is 418 Å². The van der Waals surface area contributed by atoms with Gasteiger partial charge in [-0.1, -0.05) is 177 Å². The Morgan fingerprint density at radius 3 is 1.04 bits per heavy atom. The molecule has 4 fully saturated rings. The van der Waals surface area contributed by atoms with Crippen LogP contribution in [0.1, 0.15) is 273 Å². The van der Waals surface area contributed by atoms with Gasteiger partial charge < -0.3 is 23.8 Å². The molecule has 4 saturated carbocycles. The minimum atomic E-state index is -0.415. The molecule has 0 heterocycles. The van der Waals surface area contributed by atoms with Crippen molar-refractivity contribution in [2.75, 3.05) is 46.1 Å². The molecule has 0 N–H and O–H groups in total. The number of nitrogens with zero attached hydrogens (tertiary/aromatic N) is 1. The van der Waals surface area contributed by atoms with Crippen molar-refractivity contribution in [3.63, 3.8) is 0 Å². The summed E-state index contributed by atoms with van der Waals surface area (Å²) in [5.74, 6) is 0.546. The van der Waals surface area contributed by atoms with E-state index in [0.29, 0.717) is 63.9 Å². The predicted octanol–water partition coefficient (Wildman–Crippen LogP) is 15.5. The number of ether oxygens (including phenoxy) is 4. The monoisotopic (exact) mass is 958 g/mol. The highest BCUT2D eigenvalue weighted by molar-refractivity contribution is 5.70. The molecule has 4 bridgehead atoms. The maximum atomic E-state index is 13.9. The molecule has 0 saturated heterocycles. The Kier molecular flexibility index (Phi) is 29.6. The Hall–Kier alpha value is -2.16. The van der Waals surface area contributed by atoms with Gasteiger partial charge >= 0.3 is 23.9 Å². The first-order valence-electron chi connectivity index (χ1n) is 29.2. The molecule has 0 aliphatic heterocycles. The Bertz CT molecular complexity index is 1380. The fourth-order valence-electron chi connectivity index (χ4n) is 13.3. The summed E-state index contributed by atoms with van der Waals surface area (Å²) >= 11 is 0. The maximum Gasteiger partial charge on any atom is 0.305 e. The minimum Gasteiger partial charge on any atom is -0.465 e. The van der Waals surface area contributed by atoms with E-state index in [1.165, 1.54) is 109 Å². The van der Waals surface area contributed by atoms with E-state index in [-0.39, 0.29) is 34.7 Å². The lowest BCUT2D eigenvalue weighted by atomic mass is 9.46. The maximum absolute atomic E-state index is 13.9. The van der Waals surface area contributed by atoms with Crippen LogP contribution in [0.15, 0.2) is 0 Å². The lowest BCUT2D eigenvalue weighted by Gasteiger charge is -2.60. The summed E-state index contributed by atoms with van der Waals surface area (Å²) in [7, 11) is 0. The molecule has 4 unspecified atom stereocenters. The molecule has 0 aromatic rings. The fraction of sp³-hybridized carbons (Fsp3) is 0.932. The number of fused-ring (bicyclic) bond motifs is 1. The van der Waals surface area contributed by atoms with Crippen molar-refractivity contribution in [1.29, 1.82) is 0 Å². The van der Waals surface area contributed by atoms with Crippen molar-refractivity contribution in [3.8, 4) is 0 Å². The number of carbonyl (C=O) groups is 4. The van der Waals surface area contributed by atoms with Gasteiger partial charge in [-0.25, -0.2) is 0 Å². The summed E-state index contributed by atoms with van der Waals surface area (Å²) in [6.07, 6.45) is 34.3. The molecule has 396 valence electrons. The summed E-state index contributed by atoms with van der Waals surface area (Å²) in [5.41, 5.74) is -1.54. The highest BCUT2D eigenvalue weighted by atomic mass is 16.5. The molecule has 9 heteroatoms. The smallest absolute Gasteiger partial charge is 0.305 e. The van der Waals surface area contributed by atoms with Crippen LogP contribution in [0.25, 0.3) is 0 Å². The van der Waals surface area contributed by atoms with Crippen molar-refractivity contribution in [1.82, 2.24) is 4.90 Å². The van der Waals surface area contributed by atoms with Crippen molar-refractivity contribution < 1.29 is 38.1 Å². The summed E-state index contributed by atoms with van der Waals surface area (Å²) in [5, 5.41) is 0. The highest BCUT2D eigenvalue weighted by Crippen LogP contribution is 2.71. The average Bonchev–Trinajstić information content (AvgIpc) is 3.49. The molecule has 0 aromatic carbocycles. The van der Waals surface area contributed by atoms with Crippen LogP contribution in [0.3, 0.4) is 0 Å². The molecular formula is C59H107NO8. The van der Waals surface area contributed by atoms with Crippen LogP contribution in [0.2, 0.25) is 0 Å². The molecule has 4 aliphatic carbocycles. The number of rotatable bonds is 42. The van der Waals surface area contributed by atoms with E-state index in [2.05, 4.69) is 53.4 Å². The minimum absolute atomic E-state index is 0.112. The van der Waals surface area contributed by atoms with E-state index >= 15 is 0 Å². The molecule has 4 aliphatic rings. The van der Waals surface area contributed by atoms with Crippen molar-refractivity contribution in [2.45, 2.75) is 273 Å². The summed E-state index contributed by atoms with van der Waals surface area (Å²) in [6, 6.07) is 0. The Morgan fingerprint density at radius 1 is 0.368 bits per heavy atom. The second kappa shape index (κ2) is 33.5. The summed E-state index contributed by atoms with van der Waals surface area (Å²) < 4.78 is 25.5. The van der Waals surface area contributed by atoms with Gasteiger partial charge in [-0.05, 0) is 102 Å². The summed E-state index contributed by atoms with van der Waals surface area (Å²) in [6.45, 7) is 19.5. The SMILES string of the molecule is CCCCCCCC(=O)OCC12CC3(COC(=O)CCCN(CC)CC)CCC(COC(=O)CCC(CCCCC)CCCCC)(C1)CC(COC(=O)CCC(CCCCC)CCCCC)(C3)C2. The first kappa shape index (κ1) is 60.1. The third kappa shape index (κ3) is 22.5. The van der Waals surface area contributed by atoms with Crippen molar-refractivity contribution in [2.24, 2.45) is 33.5 Å². The third-order valence-corrected chi connectivity index (χ3v) is 16.7. The zero-order valence-electron chi connectivity index (χ0n) is 45.6. The van der Waals surface area contributed by atoms with Gasteiger partial charge in [0.1, 0.15) is 0 Å². The number of carbonyl (C=O) groups excluding carboxylic acids is 4. The van der Waals surface area contributed by atoms with Crippen LogP contribution >= 0.6 is 0 Å². The quantitative estimate of drug-likeness (QED) is 0.0336. The highest BCUT2D eigenvalue weighted by Gasteiger charge is 2.66. The van der Waals surface area contributed by atoms with Crippen LogP contribution in [0.5, 0.6) is 0 Å². The van der Waals surface area contributed by atoms with Gasteiger partial charge in [0.15, 0.2) is 0 Å². The number of hydrogen-bond donors (Lipinski definition) is 0. The van der Waals surface area contributed by atoms with Gasteiger partial charge in [0.05, 0.1) is 26.4 Å². The van der Waals surface area contributed by atoms with E-state index in [4.69, 9.17) is 18.9 Å². The van der Waals surface area contributed by atoms with E-state index in [1.54, 1.807) is 0 Å². The first-order chi connectivity index (χ1) is 32.9. The van der Waals surface area contributed by atoms with Gasteiger partial charge in [-0.15, -0.1) is 0 Å². The third-order valence-electron chi connectivity index (χ3n) is 16.7. The van der Waals surface area contributed by atoms with Crippen LogP contribution in [0.4, 0.5) is 0 Å². The Morgan fingerprint density at radius 2 is 0.676 bits per heavy atom. The van der Waals surface area contributed by atoms with Crippen LogP contribution in [0, 0.1) is 33.5 Å². The molecular weight excluding hydrogens is 851 g/mol. The normalized spacial score (nSPS) is 23.1. The van der Waals surface area contributed by atoms with Crippen LogP contribution in [-0.4, -0.2) is 74.8 Å². The molecule has 4 rings (SSSR count). The number of hydrogen-bond acceptors (Lipinski definition) is 9. The number of unbranched alkanes of at least 4 members (excludes halogenated alkanes) is 12. The first-order valence-corrected chi connectivity index (χ1v) is 29.2. The number of esters is 4. The van der Waals surface area contributed by atoms with Gasteiger partial charge in [0, 0.05) is 47.3 Å². The fourth-order valence-corrected chi connectivity index (χ4v) is 13.3. The molecule has 0 radical (unpaired) electrons. The lowest BCUT2D eigenvalue weighted by Crippen LogP contribution is -2.56. The topological polar surface area (TPSA) is 108 Å². The molecule has 68 heavy (non-hydrogen) atoms. The van der Waals surface area contributed by atoms with Crippen molar-refractivity contribution >= 4 is 23.9 Å². The summed E-state index contributed by atoms with van der Waals surface area (Å²) in [4.78, 5) is 57.0. The van der Waals surface area contributed by atoms with Gasteiger partial charge in [0.2, 0.25) is 0 Å². The van der Waals surface area contributed by atoms with Crippen LogP contribution in [-0.2, 0) is 38.1 Å².